The summed E-state index contributed by atoms with van der Waals surface area (Å²) in [5.41, 5.74) is 1.01. The van der Waals surface area contributed by atoms with Crippen molar-refractivity contribution in [2.45, 2.75) is 26.0 Å². The van der Waals surface area contributed by atoms with Crippen molar-refractivity contribution in [3.63, 3.8) is 0 Å². The van der Waals surface area contributed by atoms with Crippen molar-refractivity contribution in [3.8, 4) is 0 Å². The van der Waals surface area contributed by atoms with E-state index in [-0.39, 0.29) is 6.10 Å². The van der Waals surface area contributed by atoms with Crippen LogP contribution in [0.4, 0.5) is 5.95 Å². The highest BCUT2D eigenvalue weighted by Crippen LogP contribution is 2.10. The Bertz CT molecular complexity index is 375. The lowest BCUT2D eigenvalue weighted by atomic mass is 10.3. The molecule has 1 aliphatic rings. The third-order valence-corrected chi connectivity index (χ3v) is 3.02. The fourth-order valence-corrected chi connectivity index (χ4v) is 2.10. The molecule has 108 valence electrons. The van der Waals surface area contributed by atoms with Crippen molar-refractivity contribution in [1.82, 2.24) is 9.55 Å². The van der Waals surface area contributed by atoms with Gasteiger partial charge in [0.1, 0.15) is 0 Å². The van der Waals surface area contributed by atoms with Crippen LogP contribution < -0.4 is 5.32 Å². The Balaban J connectivity index is 1.83. The van der Waals surface area contributed by atoms with Gasteiger partial charge >= 0.3 is 0 Å². The standard InChI is InChI=1S/C13H23N3O3/c1-11-9-16(4-3-5-17-2)13(15-11)14-8-12-10-18-6-7-19-12/h9,12H,3-8,10H2,1-2H3,(H,14,15). The summed E-state index contributed by atoms with van der Waals surface area (Å²) in [5.74, 6) is 0.891. The number of ether oxygens (including phenoxy) is 3. The molecule has 1 atom stereocenters. The number of aryl methyl sites for hydroxylation is 2. The molecule has 0 aromatic carbocycles. The van der Waals surface area contributed by atoms with E-state index in [1.54, 1.807) is 7.11 Å². The highest BCUT2D eigenvalue weighted by atomic mass is 16.6. The van der Waals surface area contributed by atoms with Gasteiger partial charge in [-0.15, -0.1) is 0 Å². The van der Waals surface area contributed by atoms with Crippen LogP contribution in [0.1, 0.15) is 12.1 Å². The van der Waals surface area contributed by atoms with Gasteiger partial charge in [0, 0.05) is 33.0 Å². The molecule has 0 spiro atoms. The molecule has 0 radical (unpaired) electrons. The van der Waals surface area contributed by atoms with Crippen LogP contribution in [0.2, 0.25) is 0 Å². The van der Waals surface area contributed by atoms with Crippen LogP contribution in [0.3, 0.4) is 0 Å². The van der Waals surface area contributed by atoms with E-state index in [1.807, 2.05) is 6.92 Å². The second-order valence-corrected chi connectivity index (χ2v) is 4.69. The van der Waals surface area contributed by atoms with Gasteiger partial charge in [-0.1, -0.05) is 0 Å². The summed E-state index contributed by atoms with van der Waals surface area (Å²) < 4.78 is 18.2. The zero-order chi connectivity index (χ0) is 13.5. The molecule has 2 rings (SSSR count). The molecule has 2 heterocycles. The Kier molecular flexibility index (Phi) is 5.62. The van der Waals surface area contributed by atoms with Crippen molar-refractivity contribution in [1.29, 1.82) is 0 Å². The fraction of sp³-hybridized carbons (Fsp3) is 0.769. The second kappa shape index (κ2) is 7.47. The number of rotatable bonds is 7. The highest BCUT2D eigenvalue weighted by molar-refractivity contribution is 5.28. The van der Waals surface area contributed by atoms with Gasteiger partial charge in [0.15, 0.2) is 0 Å². The quantitative estimate of drug-likeness (QED) is 0.750. The van der Waals surface area contributed by atoms with Crippen molar-refractivity contribution in [3.05, 3.63) is 11.9 Å². The molecule has 6 heteroatoms. The van der Waals surface area contributed by atoms with E-state index in [4.69, 9.17) is 14.2 Å². The number of aromatic nitrogens is 2. The van der Waals surface area contributed by atoms with Crippen LogP contribution in [-0.4, -0.2) is 55.7 Å². The second-order valence-electron chi connectivity index (χ2n) is 4.69. The van der Waals surface area contributed by atoms with Crippen molar-refractivity contribution in [2.75, 3.05) is 45.4 Å². The minimum Gasteiger partial charge on any atom is -0.385 e. The number of methoxy groups -OCH3 is 1. The number of hydrogen-bond donors (Lipinski definition) is 1. The molecule has 0 bridgehead atoms. The maximum absolute atomic E-state index is 5.60. The van der Waals surface area contributed by atoms with Gasteiger partial charge in [0.2, 0.25) is 5.95 Å². The molecule has 1 aromatic heterocycles. The van der Waals surface area contributed by atoms with Gasteiger partial charge in [-0.05, 0) is 13.3 Å². The molecule has 1 saturated heterocycles. The third kappa shape index (κ3) is 4.49. The van der Waals surface area contributed by atoms with Crippen molar-refractivity contribution >= 4 is 5.95 Å². The Morgan fingerprint density at radius 2 is 2.42 bits per heavy atom. The number of nitrogens with one attached hydrogen (secondary N) is 1. The van der Waals surface area contributed by atoms with Crippen LogP contribution in [0.25, 0.3) is 0 Å². The fourth-order valence-electron chi connectivity index (χ4n) is 2.10. The molecular weight excluding hydrogens is 246 g/mol. The summed E-state index contributed by atoms with van der Waals surface area (Å²) in [6, 6.07) is 0. The first-order valence-electron chi connectivity index (χ1n) is 6.75. The maximum Gasteiger partial charge on any atom is 0.203 e. The van der Waals surface area contributed by atoms with E-state index in [1.165, 1.54) is 0 Å². The van der Waals surface area contributed by atoms with Crippen LogP contribution in [0.5, 0.6) is 0 Å². The van der Waals surface area contributed by atoms with E-state index in [0.717, 1.165) is 37.8 Å². The number of anilines is 1. The summed E-state index contributed by atoms with van der Waals surface area (Å²) in [6.45, 7) is 6.40. The lowest BCUT2D eigenvalue weighted by Crippen LogP contribution is -2.34. The number of hydrogen-bond acceptors (Lipinski definition) is 5. The van der Waals surface area contributed by atoms with Crippen molar-refractivity contribution in [2.24, 2.45) is 0 Å². The maximum atomic E-state index is 5.60. The summed E-state index contributed by atoms with van der Waals surface area (Å²) in [6.07, 6.45) is 3.14. The van der Waals surface area contributed by atoms with Gasteiger partial charge in [-0.2, -0.15) is 0 Å². The molecule has 19 heavy (non-hydrogen) atoms. The average Bonchev–Trinajstić information content (AvgIpc) is 2.78. The summed E-state index contributed by atoms with van der Waals surface area (Å²) in [7, 11) is 1.72. The lowest BCUT2D eigenvalue weighted by Gasteiger charge is -2.23. The van der Waals surface area contributed by atoms with E-state index in [9.17, 15) is 0 Å². The van der Waals surface area contributed by atoms with Gasteiger partial charge in [0.25, 0.3) is 0 Å². The number of imidazole rings is 1. The zero-order valence-corrected chi connectivity index (χ0v) is 11.7. The third-order valence-electron chi connectivity index (χ3n) is 3.02. The van der Waals surface area contributed by atoms with Gasteiger partial charge < -0.3 is 24.1 Å². The molecule has 1 aliphatic heterocycles. The predicted molar refractivity (Wildman–Crippen MR) is 72.5 cm³/mol. The van der Waals surface area contributed by atoms with E-state index in [0.29, 0.717) is 19.8 Å². The molecule has 0 amide bonds. The Hall–Kier alpha value is -1.11. The monoisotopic (exact) mass is 269 g/mol. The highest BCUT2D eigenvalue weighted by Gasteiger charge is 2.15. The first-order chi connectivity index (χ1) is 9.29. The average molecular weight is 269 g/mol. The number of nitrogens with zero attached hydrogens (tertiary/aromatic N) is 2. The molecule has 1 aromatic rings. The molecular formula is C13H23N3O3. The van der Waals surface area contributed by atoms with Gasteiger partial charge in [0.05, 0.1) is 31.6 Å². The van der Waals surface area contributed by atoms with Crippen LogP contribution in [-0.2, 0) is 20.8 Å². The molecule has 0 aliphatic carbocycles. The summed E-state index contributed by atoms with van der Waals surface area (Å²) in [4.78, 5) is 4.49. The normalized spacial score (nSPS) is 19.6. The molecule has 1 N–H and O–H groups in total. The van der Waals surface area contributed by atoms with E-state index >= 15 is 0 Å². The SMILES string of the molecule is COCCCn1cc(C)nc1NCC1COCCO1. The molecule has 0 saturated carbocycles. The molecule has 1 unspecified atom stereocenters. The molecule has 6 nitrogen and oxygen atoms in total. The Labute approximate surface area is 114 Å². The summed E-state index contributed by atoms with van der Waals surface area (Å²) in [5, 5.41) is 3.34. The topological polar surface area (TPSA) is 57.5 Å². The smallest absolute Gasteiger partial charge is 0.203 e. The largest absolute Gasteiger partial charge is 0.385 e. The minimum atomic E-state index is 0.109. The van der Waals surface area contributed by atoms with Crippen LogP contribution in [0, 0.1) is 6.92 Å². The van der Waals surface area contributed by atoms with E-state index < -0.39 is 0 Å². The lowest BCUT2D eigenvalue weighted by molar-refractivity contribution is -0.0819. The van der Waals surface area contributed by atoms with Crippen LogP contribution >= 0.6 is 0 Å². The predicted octanol–water partition coefficient (Wildman–Crippen LogP) is 1.06. The Morgan fingerprint density at radius 1 is 1.53 bits per heavy atom. The first-order valence-corrected chi connectivity index (χ1v) is 6.75. The van der Waals surface area contributed by atoms with Gasteiger partial charge in [-0.3, -0.25) is 0 Å². The minimum absolute atomic E-state index is 0.109. The van der Waals surface area contributed by atoms with E-state index in [2.05, 4.69) is 21.1 Å². The molecule has 1 fully saturated rings. The zero-order valence-electron chi connectivity index (χ0n) is 11.7. The van der Waals surface area contributed by atoms with Crippen molar-refractivity contribution < 1.29 is 14.2 Å². The van der Waals surface area contributed by atoms with Crippen LogP contribution in [0.15, 0.2) is 6.20 Å². The van der Waals surface area contributed by atoms with Gasteiger partial charge in [-0.25, -0.2) is 4.98 Å². The first kappa shape index (κ1) is 14.3. The summed E-state index contributed by atoms with van der Waals surface area (Å²) >= 11 is 0. The Morgan fingerprint density at radius 3 is 3.16 bits per heavy atom.